The number of ether oxygens (including phenoxy) is 1. The van der Waals surface area contributed by atoms with E-state index in [0.29, 0.717) is 5.92 Å². The monoisotopic (exact) mass is 424 g/mol. The summed E-state index contributed by atoms with van der Waals surface area (Å²) in [6.45, 7) is 1.95. The van der Waals surface area contributed by atoms with Crippen LogP contribution in [0, 0.1) is 17.8 Å². The SMILES string of the molecule is COc1ccccc1CN1CC[C@@H]2[C@H](CO)Nc3ccc(C#Cc4ccccc4)cc3[C@@H]21. The Bertz CT molecular complexity index is 1150. The summed E-state index contributed by atoms with van der Waals surface area (Å²) in [5.41, 5.74) is 5.59. The molecule has 2 N–H and O–H groups in total. The predicted molar refractivity (Wildman–Crippen MR) is 128 cm³/mol. The van der Waals surface area contributed by atoms with Gasteiger partial charge in [0.1, 0.15) is 5.75 Å². The minimum atomic E-state index is 0.0661. The molecule has 2 aliphatic heterocycles. The van der Waals surface area contributed by atoms with Crippen LogP contribution in [0.5, 0.6) is 5.75 Å². The fraction of sp³-hybridized carbons (Fsp3) is 0.286. The molecule has 1 fully saturated rings. The van der Waals surface area contributed by atoms with Gasteiger partial charge in [0.25, 0.3) is 0 Å². The van der Waals surface area contributed by atoms with E-state index in [0.717, 1.165) is 42.1 Å². The van der Waals surface area contributed by atoms with Crippen molar-refractivity contribution in [2.24, 2.45) is 5.92 Å². The van der Waals surface area contributed by atoms with Crippen LogP contribution in [-0.2, 0) is 6.54 Å². The van der Waals surface area contributed by atoms with Gasteiger partial charge in [0.15, 0.2) is 0 Å². The highest BCUT2D eigenvalue weighted by atomic mass is 16.5. The van der Waals surface area contributed by atoms with Gasteiger partial charge in [-0.1, -0.05) is 48.2 Å². The highest BCUT2D eigenvalue weighted by Gasteiger charge is 2.43. The zero-order valence-electron chi connectivity index (χ0n) is 18.3. The van der Waals surface area contributed by atoms with Gasteiger partial charge >= 0.3 is 0 Å². The molecule has 0 bridgehead atoms. The van der Waals surface area contributed by atoms with Crippen LogP contribution in [0.3, 0.4) is 0 Å². The summed E-state index contributed by atoms with van der Waals surface area (Å²) < 4.78 is 5.60. The van der Waals surface area contributed by atoms with E-state index in [-0.39, 0.29) is 18.7 Å². The van der Waals surface area contributed by atoms with Gasteiger partial charge in [0.2, 0.25) is 0 Å². The minimum Gasteiger partial charge on any atom is -0.496 e. The number of aliphatic hydroxyl groups is 1. The lowest BCUT2D eigenvalue weighted by molar-refractivity contribution is 0.171. The Morgan fingerprint density at radius 1 is 1.00 bits per heavy atom. The van der Waals surface area contributed by atoms with Gasteiger partial charge in [0, 0.05) is 40.9 Å². The maximum atomic E-state index is 10.1. The van der Waals surface area contributed by atoms with Crippen molar-refractivity contribution in [3.8, 4) is 17.6 Å². The second-order valence-electron chi connectivity index (χ2n) is 8.53. The van der Waals surface area contributed by atoms with E-state index in [1.54, 1.807) is 7.11 Å². The molecule has 162 valence electrons. The van der Waals surface area contributed by atoms with Gasteiger partial charge < -0.3 is 15.2 Å². The molecule has 0 amide bonds. The molecule has 0 saturated carbocycles. The molecule has 5 rings (SSSR count). The van der Waals surface area contributed by atoms with E-state index in [1.807, 2.05) is 42.5 Å². The van der Waals surface area contributed by atoms with E-state index in [9.17, 15) is 5.11 Å². The number of nitrogens with one attached hydrogen (secondary N) is 1. The number of hydrogen-bond donors (Lipinski definition) is 2. The molecule has 3 atom stereocenters. The molecule has 0 unspecified atom stereocenters. The van der Waals surface area contributed by atoms with Crippen LogP contribution in [0.1, 0.15) is 34.7 Å². The van der Waals surface area contributed by atoms with Crippen LogP contribution in [-0.4, -0.2) is 36.3 Å². The first-order chi connectivity index (χ1) is 15.8. The highest BCUT2D eigenvalue weighted by Crippen LogP contribution is 2.47. The van der Waals surface area contributed by atoms with E-state index >= 15 is 0 Å². The summed E-state index contributed by atoms with van der Waals surface area (Å²) in [5.74, 6) is 7.89. The summed E-state index contributed by atoms with van der Waals surface area (Å²) in [4.78, 5) is 2.53. The largest absolute Gasteiger partial charge is 0.496 e. The van der Waals surface area contributed by atoms with Gasteiger partial charge in [-0.15, -0.1) is 0 Å². The predicted octanol–water partition coefficient (Wildman–Crippen LogP) is 4.44. The van der Waals surface area contributed by atoms with Crippen molar-refractivity contribution in [3.63, 3.8) is 0 Å². The second kappa shape index (κ2) is 9.08. The number of para-hydroxylation sites is 1. The summed E-state index contributed by atoms with van der Waals surface area (Å²) in [5, 5.41) is 13.6. The van der Waals surface area contributed by atoms with Crippen LogP contribution in [0.2, 0.25) is 0 Å². The molecule has 4 heteroatoms. The number of rotatable bonds is 4. The molecule has 2 heterocycles. The third-order valence-corrected chi connectivity index (χ3v) is 6.66. The van der Waals surface area contributed by atoms with Crippen LogP contribution >= 0.6 is 0 Å². The molecule has 4 nitrogen and oxygen atoms in total. The molecular weight excluding hydrogens is 396 g/mol. The fourth-order valence-corrected chi connectivity index (χ4v) is 5.13. The summed E-state index contributed by atoms with van der Waals surface area (Å²) >= 11 is 0. The third kappa shape index (κ3) is 3.98. The van der Waals surface area contributed by atoms with Crippen molar-refractivity contribution in [2.45, 2.75) is 25.0 Å². The molecule has 0 aromatic heterocycles. The first-order valence-electron chi connectivity index (χ1n) is 11.2. The lowest BCUT2D eigenvalue weighted by atomic mass is 9.82. The first kappa shape index (κ1) is 20.6. The van der Waals surface area contributed by atoms with Gasteiger partial charge in [-0.2, -0.15) is 0 Å². The summed E-state index contributed by atoms with van der Waals surface area (Å²) in [6.07, 6.45) is 1.05. The number of likely N-dealkylation sites (tertiary alicyclic amines) is 1. The average molecular weight is 425 g/mol. The Hall–Kier alpha value is -3.26. The Kier molecular flexibility index (Phi) is 5.85. The third-order valence-electron chi connectivity index (χ3n) is 6.66. The standard InChI is InChI=1S/C28H28N2O2/c1-32-27-10-6-5-9-22(27)18-30-16-15-23-26(19-31)29-25-14-13-21(17-24(25)28(23)30)12-11-20-7-3-2-4-8-20/h2-10,13-14,17,23,26,28-29,31H,15-16,18-19H2,1H3/t23-,26+,28-/m1/s1. The molecule has 0 radical (unpaired) electrons. The van der Waals surface area contributed by atoms with Gasteiger partial charge in [-0.25, -0.2) is 0 Å². The second-order valence-corrected chi connectivity index (χ2v) is 8.53. The molecule has 1 saturated heterocycles. The van der Waals surface area contributed by atoms with E-state index < -0.39 is 0 Å². The number of hydrogen-bond acceptors (Lipinski definition) is 4. The van der Waals surface area contributed by atoms with Crippen LogP contribution in [0.4, 0.5) is 5.69 Å². The van der Waals surface area contributed by atoms with Crippen molar-refractivity contribution in [1.82, 2.24) is 4.90 Å². The summed E-state index contributed by atoms with van der Waals surface area (Å²) in [7, 11) is 1.73. The number of benzene rings is 3. The van der Waals surface area contributed by atoms with Crippen LogP contribution in [0.15, 0.2) is 72.8 Å². The maximum Gasteiger partial charge on any atom is 0.123 e. The topological polar surface area (TPSA) is 44.7 Å². The smallest absolute Gasteiger partial charge is 0.123 e. The number of fused-ring (bicyclic) bond motifs is 3. The lowest BCUT2D eigenvalue weighted by Crippen LogP contribution is -2.41. The normalized spacial score (nSPS) is 21.6. The van der Waals surface area contributed by atoms with Crippen molar-refractivity contribution in [3.05, 3.63) is 95.1 Å². The van der Waals surface area contributed by atoms with E-state index in [2.05, 4.69) is 52.4 Å². The first-order valence-corrected chi connectivity index (χ1v) is 11.2. The van der Waals surface area contributed by atoms with Gasteiger partial charge in [0.05, 0.1) is 19.8 Å². The molecule has 2 aliphatic rings. The molecule has 3 aromatic carbocycles. The Balaban J connectivity index is 1.49. The van der Waals surface area contributed by atoms with Gasteiger partial charge in [-0.05, 0) is 54.9 Å². The summed E-state index contributed by atoms with van der Waals surface area (Å²) in [6, 6.07) is 25.0. The minimum absolute atomic E-state index is 0.0661. The van der Waals surface area contributed by atoms with Crippen molar-refractivity contribution >= 4 is 5.69 Å². The van der Waals surface area contributed by atoms with Crippen molar-refractivity contribution in [1.29, 1.82) is 0 Å². The Morgan fingerprint density at radius 3 is 2.59 bits per heavy atom. The van der Waals surface area contributed by atoms with Crippen LogP contribution < -0.4 is 10.1 Å². The van der Waals surface area contributed by atoms with Gasteiger partial charge in [-0.3, -0.25) is 4.90 Å². The van der Waals surface area contributed by atoms with Crippen molar-refractivity contribution in [2.75, 3.05) is 25.6 Å². The number of anilines is 1. The number of aliphatic hydroxyl groups excluding tert-OH is 1. The fourth-order valence-electron chi connectivity index (χ4n) is 5.13. The van der Waals surface area contributed by atoms with Crippen LogP contribution in [0.25, 0.3) is 0 Å². The highest BCUT2D eigenvalue weighted by molar-refractivity contribution is 5.60. The Morgan fingerprint density at radius 2 is 1.78 bits per heavy atom. The maximum absolute atomic E-state index is 10.1. The molecule has 32 heavy (non-hydrogen) atoms. The quantitative estimate of drug-likeness (QED) is 0.608. The molecule has 3 aromatic rings. The number of methoxy groups -OCH3 is 1. The lowest BCUT2D eigenvalue weighted by Gasteiger charge is -2.39. The Labute approximate surface area is 189 Å². The van der Waals surface area contributed by atoms with E-state index in [1.165, 1.54) is 11.1 Å². The average Bonchev–Trinajstić information content (AvgIpc) is 3.27. The zero-order valence-corrected chi connectivity index (χ0v) is 18.3. The number of nitrogens with zero attached hydrogens (tertiary/aromatic N) is 1. The zero-order chi connectivity index (χ0) is 21.9. The van der Waals surface area contributed by atoms with E-state index in [4.69, 9.17) is 4.74 Å². The molecule has 0 spiro atoms. The molecular formula is C28H28N2O2. The van der Waals surface area contributed by atoms with Crippen molar-refractivity contribution < 1.29 is 9.84 Å². The molecule has 0 aliphatic carbocycles.